The van der Waals surface area contributed by atoms with Crippen LogP contribution in [0, 0.1) is 0 Å². The molecule has 3 atom stereocenters. The highest BCUT2D eigenvalue weighted by atomic mass is 16.5. The second-order valence-corrected chi connectivity index (χ2v) is 5.41. The van der Waals surface area contributed by atoms with E-state index in [1.807, 2.05) is 0 Å². The molecule has 2 N–H and O–H groups in total. The molecule has 1 aromatic carbocycles. The van der Waals surface area contributed by atoms with Gasteiger partial charge in [0.15, 0.2) is 0 Å². The van der Waals surface area contributed by atoms with Crippen molar-refractivity contribution in [3.05, 3.63) is 35.9 Å². The average molecular weight is 262 g/mol. The predicted molar refractivity (Wildman–Crippen MR) is 78.9 cm³/mol. The van der Waals surface area contributed by atoms with Crippen molar-refractivity contribution in [3.8, 4) is 0 Å². The number of nitrogens with two attached hydrogens (primary N) is 1. The fourth-order valence-electron chi connectivity index (χ4n) is 2.93. The standard InChI is InChI=1S/C16H26N2O/c1-3-18(12-14-7-5-4-6-8-14)15(11-17)16-10-9-13(2)19-16/h4-8,13,15-16H,3,9-12,17H2,1-2H3. The Balaban J connectivity index is 2.02. The summed E-state index contributed by atoms with van der Waals surface area (Å²) in [5.41, 5.74) is 7.35. The molecule has 1 aromatic rings. The maximum atomic E-state index is 6.01. The van der Waals surface area contributed by atoms with Gasteiger partial charge in [-0.05, 0) is 31.9 Å². The van der Waals surface area contributed by atoms with Gasteiger partial charge in [-0.2, -0.15) is 0 Å². The summed E-state index contributed by atoms with van der Waals surface area (Å²) in [6.45, 7) is 6.97. The first-order valence-electron chi connectivity index (χ1n) is 7.38. The van der Waals surface area contributed by atoms with Crippen LogP contribution in [0.3, 0.4) is 0 Å². The zero-order chi connectivity index (χ0) is 13.7. The zero-order valence-electron chi connectivity index (χ0n) is 12.1. The minimum absolute atomic E-state index is 0.295. The van der Waals surface area contributed by atoms with Crippen molar-refractivity contribution >= 4 is 0 Å². The normalized spacial score (nSPS) is 24.8. The third-order valence-electron chi connectivity index (χ3n) is 4.04. The summed E-state index contributed by atoms with van der Waals surface area (Å²) < 4.78 is 6.01. The van der Waals surface area contributed by atoms with E-state index in [0.717, 1.165) is 25.9 Å². The molecule has 106 valence electrons. The van der Waals surface area contributed by atoms with Gasteiger partial charge < -0.3 is 10.5 Å². The molecule has 1 heterocycles. The summed E-state index contributed by atoms with van der Waals surface area (Å²) in [6, 6.07) is 10.9. The molecule has 0 spiro atoms. The van der Waals surface area contributed by atoms with Crippen molar-refractivity contribution in [2.45, 2.75) is 51.5 Å². The molecule has 3 heteroatoms. The lowest BCUT2D eigenvalue weighted by Crippen LogP contribution is -2.47. The Morgan fingerprint density at radius 2 is 2.05 bits per heavy atom. The molecule has 1 aliphatic rings. The van der Waals surface area contributed by atoms with E-state index in [4.69, 9.17) is 10.5 Å². The van der Waals surface area contributed by atoms with E-state index in [9.17, 15) is 0 Å². The van der Waals surface area contributed by atoms with E-state index in [2.05, 4.69) is 49.1 Å². The minimum atomic E-state index is 0.295. The lowest BCUT2D eigenvalue weighted by atomic mass is 10.0. The topological polar surface area (TPSA) is 38.5 Å². The molecular formula is C16H26N2O. The molecule has 1 saturated heterocycles. The number of likely N-dealkylation sites (N-methyl/N-ethyl adjacent to an activating group) is 1. The van der Waals surface area contributed by atoms with Gasteiger partial charge in [0, 0.05) is 19.1 Å². The Morgan fingerprint density at radius 1 is 1.32 bits per heavy atom. The number of hydrogen-bond donors (Lipinski definition) is 1. The van der Waals surface area contributed by atoms with Crippen LogP contribution in [-0.2, 0) is 11.3 Å². The largest absolute Gasteiger partial charge is 0.374 e. The summed E-state index contributed by atoms with van der Waals surface area (Å²) in [5.74, 6) is 0. The number of rotatable bonds is 6. The van der Waals surface area contributed by atoms with Gasteiger partial charge >= 0.3 is 0 Å². The summed E-state index contributed by atoms with van der Waals surface area (Å²) in [5, 5.41) is 0. The van der Waals surface area contributed by atoms with Crippen molar-refractivity contribution < 1.29 is 4.74 Å². The summed E-state index contributed by atoms with van der Waals surface area (Å²) in [4.78, 5) is 2.44. The van der Waals surface area contributed by atoms with Crippen LogP contribution >= 0.6 is 0 Å². The van der Waals surface area contributed by atoms with Crippen LogP contribution in [0.25, 0.3) is 0 Å². The molecule has 1 fully saturated rings. The first kappa shape index (κ1) is 14.5. The van der Waals surface area contributed by atoms with Crippen molar-refractivity contribution in [3.63, 3.8) is 0 Å². The predicted octanol–water partition coefficient (Wildman–Crippen LogP) is 2.40. The number of hydrogen-bond acceptors (Lipinski definition) is 3. The van der Waals surface area contributed by atoms with Gasteiger partial charge in [0.05, 0.1) is 12.2 Å². The molecule has 1 aliphatic heterocycles. The average Bonchev–Trinajstić information content (AvgIpc) is 2.86. The van der Waals surface area contributed by atoms with Crippen LogP contribution in [0.5, 0.6) is 0 Å². The van der Waals surface area contributed by atoms with Crippen LogP contribution in [-0.4, -0.2) is 36.2 Å². The number of ether oxygens (including phenoxy) is 1. The van der Waals surface area contributed by atoms with Gasteiger partial charge in [-0.1, -0.05) is 37.3 Å². The molecule has 2 rings (SSSR count). The van der Waals surface area contributed by atoms with Gasteiger partial charge in [-0.3, -0.25) is 4.90 Å². The monoisotopic (exact) mass is 262 g/mol. The number of nitrogens with zero attached hydrogens (tertiary/aromatic N) is 1. The fourth-order valence-corrected chi connectivity index (χ4v) is 2.93. The highest BCUT2D eigenvalue weighted by Gasteiger charge is 2.32. The highest BCUT2D eigenvalue weighted by molar-refractivity contribution is 5.14. The van der Waals surface area contributed by atoms with Crippen molar-refractivity contribution in [2.75, 3.05) is 13.1 Å². The van der Waals surface area contributed by atoms with E-state index >= 15 is 0 Å². The van der Waals surface area contributed by atoms with Gasteiger partial charge in [0.25, 0.3) is 0 Å². The van der Waals surface area contributed by atoms with Crippen molar-refractivity contribution in [2.24, 2.45) is 5.73 Å². The molecular weight excluding hydrogens is 236 g/mol. The first-order valence-corrected chi connectivity index (χ1v) is 7.38. The zero-order valence-corrected chi connectivity index (χ0v) is 12.1. The molecule has 0 saturated carbocycles. The molecule has 0 bridgehead atoms. The van der Waals surface area contributed by atoms with E-state index in [1.54, 1.807) is 0 Å². The molecule has 3 nitrogen and oxygen atoms in total. The second-order valence-electron chi connectivity index (χ2n) is 5.41. The third kappa shape index (κ3) is 3.78. The fraction of sp³-hybridized carbons (Fsp3) is 0.625. The second kappa shape index (κ2) is 7.04. The number of benzene rings is 1. The Morgan fingerprint density at radius 3 is 2.58 bits per heavy atom. The van der Waals surface area contributed by atoms with E-state index in [-0.39, 0.29) is 0 Å². The van der Waals surface area contributed by atoms with E-state index < -0.39 is 0 Å². The van der Waals surface area contributed by atoms with Crippen LogP contribution in [0.15, 0.2) is 30.3 Å². The summed E-state index contributed by atoms with van der Waals surface area (Å²) in [7, 11) is 0. The summed E-state index contributed by atoms with van der Waals surface area (Å²) in [6.07, 6.45) is 2.97. The quantitative estimate of drug-likeness (QED) is 0.855. The molecule has 3 unspecified atom stereocenters. The smallest absolute Gasteiger partial charge is 0.0747 e. The lowest BCUT2D eigenvalue weighted by Gasteiger charge is -2.33. The Kier molecular flexibility index (Phi) is 5.37. The van der Waals surface area contributed by atoms with E-state index in [0.29, 0.717) is 24.8 Å². The SMILES string of the molecule is CCN(Cc1ccccc1)C(CN)C1CCC(C)O1. The third-order valence-corrected chi connectivity index (χ3v) is 4.04. The molecule has 0 aromatic heterocycles. The maximum Gasteiger partial charge on any atom is 0.0747 e. The van der Waals surface area contributed by atoms with Gasteiger partial charge in [-0.15, -0.1) is 0 Å². The van der Waals surface area contributed by atoms with Gasteiger partial charge in [0.2, 0.25) is 0 Å². The molecule has 0 radical (unpaired) electrons. The van der Waals surface area contributed by atoms with Crippen molar-refractivity contribution in [1.29, 1.82) is 0 Å². The summed E-state index contributed by atoms with van der Waals surface area (Å²) >= 11 is 0. The first-order chi connectivity index (χ1) is 9.24. The Labute approximate surface area is 116 Å². The molecule has 19 heavy (non-hydrogen) atoms. The van der Waals surface area contributed by atoms with Gasteiger partial charge in [0.1, 0.15) is 0 Å². The molecule has 0 aliphatic carbocycles. The highest BCUT2D eigenvalue weighted by Crippen LogP contribution is 2.25. The van der Waals surface area contributed by atoms with Crippen LogP contribution in [0.1, 0.15) is 32.3 Å². The Hall–Kier alpha value is -0.900. The van der Waals surface area contributed by atoms with Crippen LogP contribution in [0.4, 0.5) is 0 Å². The van der Waals surface area contributed by atoms with Crippen LogP contribution < -0.4 is 5.73 Å². The van der Waals surface area contributed by atoms with Crippen molar-refractivity contribution in [1.82, 2.24) is 4.90 Å². The van der Waals surface area contributed by atoms with E-state index in [1.165, 1.54) is 5.56 Å². The molecule has 0 amide bonds. The lowest BCUT2D eigenvalue weighted by molar-refractivity contribution is -0.00539. The van der Waals surface area contributed by atoms with Crippen LogP contribution in [0.2, 0.25) is 0 Å². The minimum Gasteiger partial charge on any atom is -0.374 e. The Bertz CT molecular complexity index is 368. The maximum absolute atomic E-state index is 6.01. The van der Waals surface area contributed by atoms with Gasteiger partial charge in [-0.25, -0.2) is 0 Å².